The highest BCUT2D eigenvalue weighted by Crippen LogP contribution is 2.46. The van der Waals surface area contributed by atoms with Gasteiger partial charge in [0.1, 0.15) is 19.3 Å². The summed E-state index contributed by atoms with van der Waals surface area (Å²) in [4.78, 5) is 40.4. The SMILES string of the molecule is CCCOC(=O)C(C)(CC(C)(C)C(=O)OCC1CO1)CC(C)(CC)C(=O)OCc1c2ccccc2cc2ccccc12. The van der Waals surface area contributed by atoms with Crippen LogP contribution < -0.4 is 0 Å². The van der Waals surface area contributed by atoms with Gasteiger partial charge in [-0.25, -0.2) is 0 Å². The number of benzene rings is 3. The number of hydrogen-bond donors (Lipinski definition) is 0. The van der Waals surface area contributed by atoms with Crippen LogP contribution >= 0.6 is 0 Å². The van der Waals surface area contributed by atoms with Gasteiger partial charge in [-0.1, -0.05) is 62.4 Å². The van der Waals surface area contributed by atoms with Crippen molar-refractivity contribution in [2.45, 2.75) is 79.9 Å². The van der Waals surface area contributed by atoms with Crippen molar-refractivity contribution in [3.05, 3.63) is 60.2 Å². The summed E-state index contributed by atoms with van der Waals surface area (Å²) in [5.74, 6) is -1.22. The van der Waals surface area contributed by atoms with Gasteiger partial charge in [-0.3, -0.25) is 14.4 Å². The predicted octanol–water partition coefficient (Wildman–Crippen LogP) is 7.16. The first kappa shape index (κ1) is 31.5. The molecule has 42 heavy (non-hydrogen) atoms. The van der Waals surface area contributed by atoms with E-state index in [2.05, 4.69) is 18.2 Å². The monoisotopic (exact) mass is 576 g/mol. The Morgan fingerprint density at radius 3 is 1.90 bits per heavy atom. The van der Waals surface area contributed by atoms with Gasteiger partial charge >= 0.3 is 17.9 Å². The first-order chi connectivity index (χ1) is 19.9. The lowest BCUT2D eigenvalue weighted by molar-refractivity contribution is -0.169. The van der Waals surface area contributed by atoms with Crippen LogP contribution in [0.5, 0.6) is 0 Å². The maximum absolute atomic E-state index is 13.9. The zero-order valence-corrected chi connectivity index (χ0v) is 25.8. The standard InChI is InChI=1S/C35H44O7/c1-7-17-39-32(38)35(6,22-33(3,4)30(36)41-20-26-19-40-26)23-34(5,8-2)31(37)42-21-29-27-15-11-9-13-24(27)18-25-14-10-12-16-28(25)29/h9-16,18,26H,7-8,17,19-23H2,1-6H3. The minimum atomic E-state index is -1.14. The average Bonchev–Trinajstić information content (AvgIpc) is 3.80. The number of ether oxygens (including phenoxy) is 4. The second-order valence-corrected chi connectivity index (χ2v) is 12.8. The van der Waals surface area contributed by atoms with Gasteiger partial charge in [-0.05, 0) is 81.0 Å². The van der Waals surface area contributed by atoms with E-state index in [1.807, 2.05) is 57.2 Å². The van der Waals surface area contributed by atoms with Crippen LogP contribution in [0, 0.1) is 16.2 Å². The Labute approximate surface area is 248 Å². The fraction of sp³-hybridized carbons (Fsp3) is 0.514. The molecule has 7 nitrogen and oxygen atoms in total. The van der Waals surface area contributed by atoms with Crippen LogP contribution in [0.2, 0.25) is 0 Å². The van der Waals surface area contributed by atoms with Crippen LogP contribution in [0.3, 0.4) is 0 Å². The van der Waals surface area contributed by atoms with Crippen LogP contribution in [-0.4, -0.2) is 43.8 Å². The van der Waals surface area contributed by atoms with Crippen molar-refractivity contribution in [1.82, 2.24) is 0 Å². The maximum Gasteiger partial charge on any atom is 0.312 e. The van der Waals surface area contributed by atoms with E-state index in [1.54, 1.807) is 20.8 Å². The predicted molar refractivity (Wildman–Crippen MR) is 163 cm³/mol. The number of rotatable bonds is 14. The summed E-state index contributed by atoms with van der Waals surface area (Å²) in [6.45, 7) is 12.1. The normalized spacial score (nSPS) is 17.7. The fourth-order valence-electron chi connectivity index (χ4n) is 5.93. The van der Waals surface area contributed by atoms with E-state index in [9.17, 15) is 14.4 Å². The quantitative estimate of drug-likeness (QED) is 0.0870. The number of fused-ring (bicyclic) bond motifs is 2. The lowest BCUT2D eigenvalue weighted by atomic mass is 9.65. The largest absolute Gasteiger partial charge is 0.465 e. The van der Waals surface area contributed by atoms with Crippen LogP contribution in [0.4, 0.5) is 0 Å². The minimum Gasteiger partial charge on any atom is -0.465 e. The molecule has 0 amide bonds. The zero-order chi connectivity index (χ0) is 30.5. The molecule has 0 aromatic heterocycles. The van der Waals surface area contributed by atoms with Gasteiger partial charge in [-0.15, -0.1) is 0 Å². The molecule has 1 aliphatic rings. The molecule has 1 fully saturated rings. The fourth-order valence-corrected chi connectivity index (χ4v) is 5.93. The summed E-state index contributed by atoms with van der Waals surface area (Å²) < 4.78 is 22.3. The molecule has 3 atom stereocenters. The Hall–Kier alpha value is -3.45. The molecule has 1 saturated heterocycles. The summed E-state index contributed by atoms with van der Waals surface area (Å²) in [7, 11) is 0. The molecule has 0 spiro atoms. The Morgan fingerprint density at radius 1 is 0.786 bits per heavy atom. The van der Waals surface area contributed by atoms with E-state index < -0.39 is 28.2 Å². The van der Waals surface area contributed by atoms with E-state index in [1.165, 1.54) is 0 Å². The third-order valence-electron chi connectivity index (χ3n) is 8.40. The molecule has 7 heteroatoms. The summed E-state index contributed by atoms with van der Waals surface area (Å²) in [6, 6.07) is 18.3. The van der Waals surface area contributed by atoms with Crippen molar-refractivity contribution in [2.75, 3.05) is 19.8 Å². The first-order valence-corrected chi connectivity index (χ1v) is 14.9. The highest BCUT2D eigenvalue weighted by Gasteiger charge is 2.50. The minimum absolute atomic E-state index is 0.0531. The third-order valence-corrected chi connectivity index (χ3v) is 8.40. The topological polar surface area (TPSA) is 91.4 Å². The van der Waals surface area contributed by atoms with Crippen LogP contribution in [0.15, 0.2) is 54.6 Å². The van der Waals surface area contributed by atoms with Crippen LogP contribution in [0.1, 0.15) is 72.8 Å². The molecule has 226 valence electrons. The summed E-state index contributed by atoms with van der Waals surface area (Å²) in [6.07, 6.45) is 1.38. The van der Waals surface area contributed by atoms with E-state index in [4.69, 9.17) is 18.9 Å². The van der Waals surface area contributed by atoms with Crippen molar-refractivity contribution < 1.29 is 33.3 Å². The van der Waals surface area contributed by atoms with Gasteiger partial charge in [-0.2, -0.15) is 0 Å². The van der Waals surface area contributed by atoms with Crippen molar-refractivity contribution in [1.29, 1.82) is 0 Å². The molecule has 3 aromatic rings. The molecule has 1 heterocycles. The third kappa shape index (κ3) is 7.12. The van der Waals surface area contributed by atoms with Gasteiger partial charge in [0.25, 0.3) is 0 Å². The lowest BCUT2D eigenvalue weighted by Crippen LogP contribution is -2.44. The van der Waals surface area contributed by atoms with Crippen molar-refractivity contribution in [3.63, 3.8) is 0 Å². The van der Waals surface area contributed by atoms with Crippen LogP contribution in [-0.2, 0) is 39.9 Å². The second kappa shape index (κ2) is 12.8. The number of carbonyl (C=O) groups is 3. The summed E-state index contributed by atoms with van der Waals surface area (Å²) in [5.41, 5.74) is -2.18. The molecule has 1 aliphatic heterocycles. The molecule has 0 aliphatic carbocycles. The molecule has 3 unspecified atom stereocenters. The van der Waals surface area contributed by atoms with Gasteiger partial charge in [0.2, 0.25) is 0 Å². The van der Waals surface area contributed by atoms with Crippen LogP contribution in [0.25, 0.3) is 21.5 Å². The molecular formula is C35H44O7. The molecule has 0 radical (unpaired) electrons. The molecule has 3 aromatic carbocycles. The Morgan fingerprint density at radius 2 is 1.36 bits per heavy atom. The Kier molecular flexibility index (Phi) is 9.61. The Bertz CT molecular complexity index is 1390. The van der Waals surface area contributed by atoms with E-state index in [-0.39, 0.29) is 44.7 Å². The molecular weight excluding hydrogens is 532 g/mol. The molecule has 0 bridgehead atoms. The average molecular weight is 577 g/mol. The molecule has 4 rings (SSSR count). The smallest absolute Gasteiger partial charge is 0.312 e. The lowest BCUT2D eigenvalue weighted by Gasteiger charge is -2.39. The first-order valence-electron chi connectivity index (χ1n) is 14.9. The highest BCUT2D eigenvalue weighted by atomic mass is 16.6. The number of esters is 3. The van der Waals surface area contributed by atoms with Crippen molar-refractivity contribution >= 4 is 39.5 Å². The molecule has 0 saturated carbocycles. The van der Waals surface area contributed by atoms with Gasteiger partial charge in [0.05, 0.1) is 29.5 Å². The number of hydrogen-bond acceptors (Lipinski definition) is 7. The highest BCUT2D eigenvalue weighted by molar-refractivity contribution is 6.02. The number of carbonyl (C=O) groups excluding carboxylic acids is 3. The van der Waals surface area contributed by atoms with E-state index in [0.29, 0.717) is 19.4 Å². The van der Waals surface area contributed by atoms with Gasteiger partial charge < -0.3 is 18.9 Å². The summed E-state index contributed by atoms with van der Waals surface area (Å²) >= 11 is 0. The van der Waals surface area contributed by atoms with E-state index >= 15 is 0 Å². The molecule has 0 N–H and O–H groups in total. The Balaban J connectivity index is 1.58. The van der Waals surface area contributed by atoms with Crippen molar-refractivity contribution in [3.8, 4) is 0 Å². The maximum atomic E-state index is 13.9. The van der Waals surface area contributed by atoms with Gasteiger partial charge in [0.15, 0.2) is 0 Å². The van der Waals surface area contributed by atoms with Gasteiger partial charge in [0, 0.05) is 5.56 Å². The van der Waals surface area contributed by atoms with Crippen molar-refractivity contribution in [2.24, 2.45) is 16.2 Å². The number of epoxide rings is 1. The van der Waals surface area contributed by atoms with E-state index in [0.717, 1.165) is 27.1 Å². The summed E-state index contributed by atoms with van der Waals surface area (Å²) in [5, 5.41) is 4.22. The second-order valence-electron chi connectivity index (χ2n) is 12.8. The zero-order valence-electron chi connectivity index (χ0n) is 25.8.